The fourth-order valence-electron chi connectivity index (χ4n) is 2.42. The number of halogens is 4. The number of piperazine rings is 1. The molecule has 1 aromatic rings. The number of thioether (sulfide) groups is 1. The van der Waals surface area contributed by atoms with E-state index in [9.17, 15) is 18.0 Å². The number of anilines is 1. The summed E-state index contributed by atoms with van der Waals surface area (Å²) >= 11 is 7.61. The molecule has 0 saturated carbocycles. The molecular weight excluding hydrogens is 375 g/mol. The largest absolute Gasteiger partial charge is 0.419 e. The fourth-order valence-corrected chi connectivity index (χ4v) is 3.45. The van der Waals surface area contributed by atoms with Crippen LogP contribution in [0.1, 0.15) is 26.3 Å². The minimum atomic E-state index is -4.44. The van der Waals surface area contributed by atoms with Crippen LogP contribution in [-0.4, -0.2) is 47.5 Å². The van der Waals surface area contributed by atoms with Crippen molar-refractivity contribution < 1.29 is 22.9 Å². The summed E-state index contributed by atoms with van der Waals surface area (Å²) in [6.07, 6.45) is -3.52. The van der Waals surface area contributed by atoms with Crippen LogP contribution in [0, 0.1) is 0 Å². The summed E-state index contributed by atoms with van der Waals surface area (Å²) in [6.45, 7) is 8.27. The average Bonchev–Trinajstić information content (AvgIpc) is 2.51. The number of alkyl halides is 3. The average molecular weight is 397 g/mol. The molecular formula is C16H22ClF3N3OS+. The van der Waals surface area contributed by atoms with E-state index >= 15 is 0 Å². The number of rotatable bonds is 3. The van der Waals surface area contributed by atoms with Gasteiger partial charge in [0.15, 0.2) is 0 Å². The maximum Gasteiger partial charge on any atom is 0.419 e. The number of aromatic nitrogens is 1. The van der Waals surface area contributed by atoms with E-state index in [0.717, 1.165) is 12.3 Å². The van der Waals surface area contributed by atoms with Gasteiger partial charge < -0.3 is 4.90 Å². The number of amides is 1. The van der Waals surface area contributed by atoms with E-state index < -0.39 is 11.7 Å². The van der Waals surface area contributed by atoms with Crippen LogP contribution in [0.15, 0.2) is 12.3 Å². The molecule has 0 atom stereocenters. The van der Waals surface area contributed by atoms with E-state index in [1.165, 1.54) is 0 Å². The zero-order chi connectivity index (χ0) is 18.8. The van der Waals surface area contributed by atoms with Gasteiger partial charge in [0.2, 0.25) is 5.91 Å². The fraction of sp³-hybridized carbons (Fsp3) is 0.625. The van der Waals surface area contributed by atoms with Crippen LogP contribution < -0.4 is 9.88 Å². The SMILES string of the molecule is CC(C)(C)SCC(=O)N1CCN(c2[nH+]cc(C(F)(F)F)cc2Cl)CC1. The van der Waals surface area contributed by atoms with Gasteiger partial charge in [0.05, 0.1) is 24.4 Å². The second-order valence-electron chi connectivity index (χ2n) is 6.85. The molecule has 0 aliphatic carbocycles. The summed E-state index contributed by atoms with van der Waals surface area (Å²) in [4.78, 5) is 18.5. The van der Waals surface area contributed by atoms with Crippen LogP contribution in [0.3, 0.4) is 0 Å². The van der Waals surface area contributed by atoms with Gasteiger partial charge in [0.1, 0.15) is 24.3 Å². The number of carbonyl (C=O) groups is 1. The summed E-state index contributed by atoms with van der Waals surface area (Å²) in [5.74, 6) is 0.962. The lowest BCUT2D eigenvalue weighted by atomic mass is 10.2. The summed E-state index contributed by atoms with van der Waals surface area (Å²) in [7, 11) is 0. The quantitative estimate of drug-likeness (QED) is 0.786. The topological polar surface area (TPSA) is 37.7 Å². The first-order valence-corrected chi connectivity index (χ1v) is 9.29. The molecule has 1 amide bonds. The zero-order valence-corrected chi connectivity index (χ0v) is 16.0. The van der Waals surface area contributed by atoms with Crippen molar-refractivity contribution >= 4 is 35.1 Å². The van der Waals surface area contributed by atoms with Crippen LogP contribution in [0.2, 0.25) is 5.02 Å². The Labute approximate surface area is 154 Å². The molecule has 1 aromatic heterocycles. The van der Waals surface area contributed by atoms with Crippen LogP contribution >= 0.6 is 23.4 Å². The molecule has 0 radical (unpaired) electrons. The molecule has 1 fully saturated rings. The Morgan fingerprint density at radius 2 is 1.84 bits per heavy atom. The number of aromatic amines is 1. The van der Waals surface area contributed by atoms with E-state index in [2.05, 4.69) is 25.8 Å². The van der Waals surface area contributed by atoms with Gasteiger partial charge >= 0.3 is 6.18 Å². The van der Waals surface area contributed by atoms with Gasteiger partial charge in [-0.1, -0.05) is 32.4 Å². The Bertz CT molecular complexity index is 626. The highest BCUT2D eigenvalue weighted by molar-refractivity contribution is 8.01. The van der Waals surface area contributed by atoms with Crippen molar-refractivity contribution in [2.75, 3.05) is 36.8 Å². The third kappa shape index (κ3) is 5.67. The van der Waals surface area contributed by atoms with E-state index in [4.69, 9.17) is 11.6 Å². The molecule has 1 saturated heterocycles. The highest BCUT2D eigenvalue weighted by Gasteiger charge is 2.34. The molecule has 9 heteroatoms. The molecule has 140 valence electrons. The van der Waals surface area contributed by atoms with Crippen molar-refractivity contribution in [3.8, 4) is 0 Å². The Balaban J connectivity index is 1.95. The van der Waals surface area contributed by atoms with Crippen molar-refractivity contribution in [2.45, 2.75) is 31.7 Å². The van der Waals surface area contributed by atoms with E-state index in [1.54, 1.807) is 16.7 Å². The van der Waals surface area contributed by atoms with Crippen LogP contribution in [0.4, 0.5) is 19.0 Å². The number of carbonyl (C=O) groups excluding carboxylic acids is 1. The van der Waals surface area contributed by atoms with Crippen molar-refractivity contribution in [3.05, 3.63) is 22.8 Å². The summed E-state index contributed by atoms with van der Waals surface area (Å²) in [5, 5.41) is 0.0258. The maximum atomic E-state index is 12.7. The standard InChI is InChI=1S/C16H21ClF3N3OS/c1-15(2,3)25-10-13(24)22-4-6-23(7-5-22)14-12(17)8-11(9-21-14)16(18,19)20/h8-9H,4-7,10H2,1-3H3/p+1. The van der Waals surface area contributed by atoms with E-state index in [-0.39, 0.29) is 15.7 Å². The Morgan fingerprint density at radius 3 is 2.32 bits per heavy atom. The molecule has 1 aliphatic rings. The minimum Gasteiger partial charge on any atom is -0.334 e. The van der Waals surface area contributed by atoms with E-state index in [0.29, 0.717) is 37.7 Å². The molecule has 0 spiro atoms. The third-order valence-corrected chi connectivity index (χ3v) is 5.32. The molecule has 0 bridgehead atoms. The highest BCUT2D eigenvalue weighted by atomic mass is 35.5. The lowest BCUT2D eigenvalue weighted by molar-refractivity contribution is -0.367. The second-order valence-corrected chi connectivity index (χ2v) is 9.06. The number of nitrogens with zero attached hydrogens (tertiary/aromatic N) is 2. The molecule has 2 heterocycles. The molecule has 2 rings (SSSR count). The van der Waals surface area contributed by atoms with Crippen molar-refractivity contribution in [1.29, 1.82) is 0 Å². The van der Waals surface area contributed by atoms with Crippen LogP contribution in [-0.2, 0) is 11.0 Å². The van der Waals surface area contributed by atoms with Gasteiger partial charge in [0, 0.05) is 4.75 Å². The van der Waals surface area contributed by atoms with Crippen molar-refractivity contribution in [3.63, 3.8) is 0 Å². The maximum absolute atomic E-state index is 12.7. The summed E-state index contributed by atoms with van der Waals surface area (Å²) < 4.78 is 38.1. The predicted octanol–water partition coefficient (Wildman–Crippen LogP) is 3.35. The molecule has 25 heavy (non-hydrogen) atoms. The smallest absolute Gasteiger partial charge is 0.334 e. The van der Waals surface area contributed by atoms with Gasteiger partial charge in [-0.15, -0.1) is 11.8 Å². The number of H-pyrrole nitrogens is 1. The lowest BCUT2D eigenvalue weighted by Crippen LogP contribution is -2.50. The molecule has 1 N–H and O–H groups in total. The number of hydrogen-bond acceptors (Lipinski definition) is 3. The Kier molecular flexibility index (Phi) is 6.14. The Hall–Kier alpha value is -1.15. The van der Waals surface area contributed by atoms with Crippen LogP contribution in [0.25, 0.3) is 0 Å². The lowest BCUT2D eigenvalue weighted by Gasteiger charge is -2.32. The Morgan fingerprint density at radius 1 is 1.24 bits per heavy atom. The number of hydrogen-bond donors (Lipinski definition) is 0. The monoisotopic (exact) mass is 396 g/mol. The minimum absolute atomic E-state index is 0.0258. The van der Waals surface area contributed by atoms with Gasteiger partial charge in [-0.2, -0.15) is 13.2 Å². The number of pyridine rings is 1. The summed E-state index contributed by atoms with van der Waals surface area (Å²) in [6, 6.07) is 0.922. The van der Waals surface area contributed by atoms with Gasteiger partial charge in [-0.3, -0.25) is 9.69 Å². The van der Waals surface area contributed by atoms with Gasteiger partial charge in [-0.05, 0) is 6.07 Å². The number of nitrogens with one attached hydrogen (secondary N) is 1. The molecule has 1 aliphatic heterocycles. The van der Waals surface area contributed by atoms with Gasteiger partial charge in [-0.25, -0.2) is 4.98 Å². The molecule has 4 nitrogen and oxygen atoms in total. The first-order valence-electron chi connectivity index (χ1n) is 7.92. The van der Waals surface area contributed by atoms with Crippen molar-refractivity contribution in [2.24, 2.45) is 0 Å². The third-order valence-electron chi connectivity index (χ3n) is 3.78. The van der Waals surface area contributed by atoms with Crippen LogP contribution in [0.5, 0.6) is 0 Å². The first kappa shape index (κ1) is 20.2. The molecule has 0 unspecified atom stereocenters. The molecule has 0 aromatic carbocycles. The highest BCUT2D eigenvalue weighted by Crippen LogP contribution is 2.32. The summed E-state index contributed by atoms with van der Waals surface area (Å²) in [5.41, 5.74) is -0.811. The first-order chi connectivity index (χ1) is 11.5. The van der Waals surface area contributed by atoms with Crippen molar-refractivity contribution in [1.82, 2.24) is 4.90 Å². The van der Waals surface area contributed by atoms with E-state index in [1.807, 2.05) is 4.90 Å². The normalized spacial score (nSPS) is 16.3. The zero-order valence-electron chi connectivity index (χ0n) is 14.4. The van der Waals surface area contributed by atoms with Gasteiger partial charge in [0.25, 0.3) is 5.82 Å². The second kappa shape index (κ2) is 7.61. The predicted molar refractivity (Wildman–Crippen MR) is 94.0 cm³/mol.